The van der Waals surface area contributed by atoms with Crippen LogP contribution in [0.2, 0.25) is 5.02 Å². The Labute approximate surface area is 154 Å². The molecule has 25 heavy (non-hydrogen) atoms. The van der Waals surface area contributed by atoms with Crippen LogP contribution in [0.15, 0.2) is 36.9 Å². The first-order valence-electron chi connectivity index (χ1n) is 8.45. The summed E-state index contributed by atoms with van der Waals surface area (Å²) in [6.45, 7) is 8.56. The Morgan fingerprint density at radius 2 is 1.92 bits per heavy atom. The Morgan fingerprint density at radius 1 is 1.28 bits per heavy atom. The van der Waals surface area contributed by atoms with Crippen molar-refractivity contribution >= 4 is 17.5 Å². The third kappa shape index (κ3) is 7.44. The van der Waals surface area contributed by atoms with E-state index < -0.39 is 6.10 Å². The Kier molecular flexibility index (Phi) is 8.21. The van der Waals surface area contributed by atoms with Crippen LogP contribution in [0.25, 0.3) is 0 Å². The lowest BCUT2D eigenvalue weighted by molar-refractivity contribution is -0.122. The first-order valence-corrected chi connectivity index (χ1v) is 8.83. The maximum Gasteiger partial charge on any atom is 0.234 e. The number of hydrogen-bond donors (Lipinski definition) is 2. The summed E-state index contributed by atoms with van der Waals surface area (Å²) in [6.07, 6.45) is 1.11. The molecule has 1 heterocycles. The molecule has 0 bridgehead atoms. The van der Waals surface area contributed by atoms with Gasteiger partial charge in [-0.1, -0.05) is 17.7 Å². The molecule has 1 aromatic rings. The van der Waals surface area contributed by atoms with Crippen molar-refractivity contribution in [2.24, 2.45) is 0 Å². The number of nitrogens with one attached hydrogen (secondary N) is 1. The van der Waals surface area contributed by atoms with Gasteiger partial charge in [0.1, 0.15) is 18.5 Å². The Balaban J connectivity index is 1.63. The van der Waals surface area contributed by atoms with Crippen LogP contribution in [-0.2, 0) is 4.79 Å². The second-order valence-corrected chi connectivity index (χ2v) is 6.52. The molecule has 1 aliphatic rings. The van der Waals surface area contributed by atoms with Gasteiger partial charge in [0.05, 0.1) is 6.54 Å². The van der Waals surface area contributed by atoms with E-state index in [-0.39, 0.29) is 12.5 Å². The number of carbonyl (C=O) groups is 1. The molecule has 1 aromatic carbocycles. The summed E-state index contributed by atoms with van der Waals surface area (Å²) in [5.41, 5.74) is 0. The predicted octanol–water partition coefficient (Wildman–Crippen LogP) is 1.000. The number of carbonyl (C=O) groups excluding carboxylic acids is 1. The van der Waals surface area contributed by atoms with Gasteiger partial charge in [-0.3, -0.25) is 14.6 Å². The van der Waals surface area contributed by atoms with Crippen LogP contribution in [0, 0.1) is 0 Å². The van der Waals surface area contributed by atoms with E-state index in [1.807, 2.05) is 0 Å². The average molecular weight is 368 g/mol. The van der Waals surface area contributed by atoms with Gasteiger partial charge in [0, 0.05) is 44.3 Å². The van der Waals surface area contributed by atoms with E-state index in [0.717, 1.165) is 26.2 Å². The smallest absolute Gasteiger partial charge is 0.234 e. The second-order valence-electron chi connectivity index (χ2n) is 6.09. The fraction of sp³-hybridized carbons (Fsp3) is 0.500. The van der Waals surface area contributed by atoms with Crippen LogP contribution in [0.1, 0.15) is 0 Å². The fourth-order valence-electron chi connectivity index (χ4n) is 2.65. The maximum absolute atomic E-state index is 11.7. The average Bonchev–Trinajstić information content (AvgIpc) is 2.61. The molecule has 1 unspecified atom stereocenters. The molecular formula is C18H26ClN3O3. The highest BCUT2D eigenvalue weighted by molar-refractivity contribution is 6.30. The van der Waals surface area contributed by atoms with Crippen LogP contribution < -0.4 is 10.1 Å². The lowest BCUT2D eigenvalue weighted by Gasteiger charge is -2.35. The summed E-state index contributed by atoms with van der Waals surface area (Å²) < 4.78 is 5.57. The lowest BCUT2D eigenvalue weighted by Crippen LogP contribution is -2.51. The van der Waals surface area contributed by atoms with Crippen molar-refractivity contribution in [2.75, 3.05) is 52.4 Å². The second kappa shape index (κ2) is 10.4. The highest BCUT2D eigenvalue weighted by Crippen LogP contribution is 2.15. The van der Waals surface area contributed by atoms with Gasteiger partial charge in [0.15, 0.2) is 0 Å². The summed E-state index contributed by atoms with van der Waals surface area (Å²) >= 11 is 5.83. The molecule has 0 aromatic heterocycles. The number of amides is 1. The van der Waals surface area contributed by atoms with Crippen molar-refractivity contribution in [1.82, 2.24) is 15.1 Å². The molecule has 0 radical (unpaired) electrons. The predicted molar refractivity (Wildman–Crippen MR) is 99.0 cm³/mol. The number of aliphatic hydroxyl groups is 1. The van der Waals surface area contributed by atoms with Gasteiger partial charge in [-0.2, -0.15) is 0 Å². The van der Waals surface area contributed by atoms with E-state index in [4.69, 9.17) is 16.3 Å². The van der Waals surface area contributed by atoms with Crippen LogP contribution in [0.4, 0.5) is 0 Å². The maximum atomic E-state index is 11.7. The highest BCUT2D eigenvalue weighted by atomic mass is 35.5. The van der Waals surface area contributed by atoms with Gasteiger partial charge < -0.3 is 15.2 Å². The zero-order valence-corrected chi connectivity index (χ0v) is 15.1. The van der Waals surface area contributed by atoms with Crippen molar-refractivity contribution in [1.29, 1.82) is 0 Å². The van der Waals surface area contributed by atoms with Crippen molar-refractivity contribution in [3.05, 3.63) is 41.9 Å². The van der Waals surface area contributed by atoms with Gasteiger partial charge >= 0.3 is 0 Å². The molecule has 2 N–H and O–H groups in total. The van der Waals surface area contributed by atoms with Crippen molar-refractivity contribution in [3.63, 3.8) is 0 Å². The molecular weight excluding hydrogens is 342 g/mol. The SMILES string of the molecule is C=CCNC(=O)CN1CCN(CC(O)COc2ccc(Cl)cc2)CC1. The number of piperazine rings is 1. The van der Waals surface area contributed by atoms with Gasteiger partial charge in [0.25, 0.3) is 0 Å². The lowest BCUT2D eigenvalue weighted by atomic mass is 10.2. The molecule has 1 aliphatic heterocycles. The van der Waals surface area contributed by atoms with Gasteiger partial charge in [-0.25, -0.2) is 0 Å². The third-order valence-electron chi connectivity index (χ3n) is 4.00. The minimum atomic E-state index is -0.557. The number of aliphatic hydroxyl groups excluding tert-OH is 1. The summed E-state index contributed by atoms with van der Waals surface area (Å²) in [4.78, 5) is 16.0. The largest absolute Gasteiger partial charge is 0.491 e. The Morgan fingerprint density at radius 3 is 2.56 bits per heavy atom. The van der Waals surface area contributed by atoms with E-state index in [2.05, 4.69) is 21.7 Å². The number of benzene rings is 1. The number of hydrogen-bond acceptors (Lipinski definition) is 5. The van der Waals surface area contributed by atoms with Gasteiger partial charge in [-0.05, 0) is 24.3 Å². The minimum Gasteiger partial charge on any atom is -0.491 e. The molecule has 7 heteroatoms. The number of ether oxygens (including phenoxy) is 1. The zero-order chi connectivity index (χ0) is 18.1. The number of β-amino-alcohol motifs (C(OH)–C–C–N with tert-alkyl or cyclic N) is 1. The monoisotopic (exact) mass is 367 g/mol. The molecule has 2 rings (SSSR count). The summed E-state index contributed by atoms with van der Waals surface area (Å²) in [7, 11) is 0. The van der Waals surface area contributed by atoms with E-state index in [1.165, 1.54) is 0 Å². The van der Waals surface area contributed by atoms with E-state index in [1.54, 1.807) is 30.3 Å². The highest BCUT2D eigenvalue weighted by Gasteiger charge is 2.20. The zero-order valence-electron chi connectivity index (χ0n) is 14.4. The van der Waals surface area contributed by atoms with Crippen molar-refractivity contribution < 1.29 is 14.6 Å². The summed E-state index contributed by atoms with van der Waals surface area (Å²) in [5.74, 6) is 0.712. The standard InChI is InChI=1S/C18H26ClN3O3/c1-2-7-20-18(24)13-22-10-8-21(9-11-22)12-16(23)14-25-17-5-3-15(19)4-6-17/h2-6,16,23H,1,7-14H2,(H,20,24). The molecule has 0 saturated carbocycles. The first-order chi connectivity index (χ1) is 12.1. The molecule has 0 aliphatic carbocycles. The molecule has 1 fully saturated rings. The van der Waals surface area contributed by atoms with Crippen molar-refractivity contribution in [3.8, 4) is 5.75 Å². The number of rotatable bonds is 9. The quantitative estimate of drug-likeness (QED) is 0.637. The van der Waals surface area contributed by atoms with Crippen LogP contribution >= 0.6 is 11.6 Å². The molecule has 6 nitrogen and oxygen atoms in total. The molecule has 0 spiro atoms. The number of nitrogens with zero attached hydrogens (tertiary/aromatic N) is 2. The van der Waals surface area contributed by atoms with E-state index in [9.17, 15) is 9.90 Å². The Bertz CT molecular complexity index is 545. The number of halogens is 1. The van der Waals surface area contributed by atoms with Crippen LogP contribution in [-0.4, -0.2) is 79.3 Å². The molecule has 1 amide bonds. The first kappa shape index (κ1) is 19.7. The topological polar surface area (TPSA) is 65.0 Å². The van der Waals surface area contributed by atoms with Gasteiger partial charge in [-0.15, -0.1) is 6.58 Å². The fourth-order valence-corrected chi connectivity index (χ4v) is 2.77. The summed E-state index contributed by atoms with van der Waals surface area (Å²) in [5, 5.41) is 13.6. The molecule has 1 saturated heterocycles. The van der Waals surface area contributed by atoms with E-state index >= 15 is 0 Å². The summed E-state index contributed by atoms with van der Waals surface area (Å²) in [6, 6.07) is 7.08. The van der Waals surface area contributed by atoms with Crippen LogP contribution in [0.3, 0.4) is 0 Å². The Hall–Kier alpha value is -1.60. The molecule has 1 atom stereocenters. The third-order valence-corrected chi connectivity index (χ3v) is 4.25. The normalized spacial score (nSPS) is 17.0. The molecule has 138 valence electrons. The van der Waals surface area contributed by atoms with Gasteiger partial charge in [0.2, 0.25) is 5.91 Å². The van der Waals surface area contributed by atoms with Crippen molar-refractivity contribution in [2.45, 2.75) is 6.10 Å². The van der Waals surface area contributed by atoms with Crippen LogP contribution in [0.5, 0.6) is 5.75 Å². The minimum absolute atomic E-state index is 0.0183. The van der Waals surface area contributed by atoms with E-state index in [0.29, 0.717) is 30.4 Å².